The standard InChI is InChI=1S/C21H20Cl2N2O5/c1-29-17-10-13(2-4-15(17)23)21(28)6-8-24(9-7-21)19(26)12-25-16-5-3-14(22)11-18(16)30-20(25)27/h2-5,10-11,28H,6-9,12H2,1H3. The summed E-state index contributed by atoms with van der Waals surface area (Å²) in [5, 5.41) is 12.0. The van der Waals surface area contributed by atoms with Gasteiger partial charge in [0.15, 0.2) is 5.58 Å². The number of likely N-dealkylation sites (tertiary alicyclic amines) is 1. The number of carbonyl (C=O) groups excluding carboxylic acids is 1. The van der Waals surface area contributed by atoms with Gasteiger partial charge in [0.2, 0.25) is 5.91 Å². The number of piperidine rings is 1. The predicted octanol–water partition coefficient (Wildman–Crippen LogP) is 3.42. The maximum absolute atomic E-state index is 12.8. The van der Waals surface area contributed by atoms with Crippen molar-refractivity contribution in [3.8, 4) is 5.75 Å². The Bertz CT molecular complexity index is 1160. The number of oxazole rings is 1. The molecule has 0 radical (unpaired) electrons. The minimum absolute atomic E-state index is 0.138. The first-order chi connectivity index (χ1) is 14.3. The van der Waals surface area contributed by atoms with Gasteiger partial charge in [-0.05, 0) is 42.7 Å². The molecule has 7 nitrogen and oxygen atoms in total. The molecule has 1 saturated heterocycles. The van der Waals surface area contributed by atoms with Crippen LogP contribution in [0, 0.1) is 0 Å². The van der Waals surface area contributed by atoms with Crippen LogP contribution in [0.5, 0.6) is 5.75 Å². The van der Waals surface area contributed by atoms with Crippen molar-refractivity contribution in [1.82, 2.24) is 9.47 Å². The first-order valence-electron chi connectivity index (χ1n) is 9.44. The quantitative estimate of drug-likeness (QED) is 0.657. The van der Waals surface area contributed by atoms with E-state index in [0.29, 0.717) is 58.4 Å². The molecule has 1 N–H and O–H groups in total. The van der Waals surface area contributed by atoms with E-state index in [1.807, 2.05) is 0 Å². The number of fused-ring (bicyclic) bond motifs is 1. The lowest BCUT2D eigenvalue weighted by atomic mass is 9.84. The van der Waals surface area contributed by atoms with Gasteiger partial charge < -0.3 is 19.2 Å². The van der Waals surface area contributed by atoms with Crippen LogP contribution in [-0.4, -0.2) is 40.7 Å². The van der Waals surface area contributed by atoms with E-state index in [4.69, 9.17) is 32.4 Å². The molecule has 0 unspecified atom stereocenters. The molecule has 1 aromatic heterocycles. The van der Waals surface area contributed by atoms with Gasteiger partial charge in [-0.15, -0.1) is 0 Å². The first-order valence-corrected chi connectivity index (χ1v) is 10.2. The number of methoxy groups -OCH3 is 1. The molecule has 0 saturated carbocycles. The van der Waals surface area contributed by atoms with Crippen LogP contribution in [0.4, 0.5) is 0 Å². The topological polar surface area (TPSA) is 84.9 Å². The Hall–Kier alpha value is -2.48. The second kappa shape index (κ2) is 7.98. The smallest absolute Gasteiger partial charge is 0.420 e. The fourth-order valence-electron chi connectivity index (χ4n) is 3.79. The van der Waals surface area contributed by atoms with Gasteiger partial charge in [0, 0.05) is 24.2 Å². The summed E-state index contributed by atoms with van der Waals surface area (Å²) in [4.78, 5) is 26.6. The second-order valence-electron chi connectivity index (χ2n) is 7.33. The highest BCUT2D eigenvalue weighted by molar-refractivity contribution is 6.32. The van der Waals surface area contributed by atoms with Crippen LogP contribution in [-0.2, 0) is 16.9 Å². The SMILES string of the molecule is COc1cc(C2(O)CCN(C(=O)Cn3c(=O)oc4cc(Cl)ccc43)CC2)ccc1Cl. The zero-order valence-corrected chi connectivity index (χ0v) is 17.7. The highest BCUT2D eigenvalue weighted by atomic mass is 35.5. The number of nitrogens with zero attached hydrogens (tertiary/aromatic N) is 2. The van der Waals surface area contributed by atoms with E-state index in [9.17, 15) is 14.7 Å². The molecule has 4 rings (SSSR count). The number of aliphatic hydroxyl groups is 1. The molecule has 158 valence electrons. The molecule has 0 bridgehead atoms. The number of hydrogen-bond acceptors (Lipinski definition) is 5. The summed E-state index contributed by atoms with van der Waals surface area (Å²) in [7, 11) is 1.52. The molecule has 0 atom stereocenters. The Morgan fingerprint density at radius 2 is 1.93 bits per heavy atom. The highest BCUT2D eigenvalue weighted by Crippen LogP contribution is 2.36. The lowest BCUT2D eigenvalue weighted by molar-refractivity contribution is -0.136. The molecule has 1 amide bonds. The summed E-state index contributed by atoms with van der Waals surface area (Å²) in [5.41, 5.74) is 0.471. The fourth-order valence-corrected chi connectivity index (χ4v) is 4.15. The van der Waals surface area contributed by atoms with E-state index in [-0.39, 0.29) is 12.5 Å². The van der Waals surface area contributed by atoms with Crippen LogP contribution < -0.4 is 10.5 Å². The molecule has 30 heavy (non-hydrogen) atoms. The van der Waals surface area contributed by atoms with E-state index in [1.165, 1.54) is 11.7 Å². The molecular formula is C21H20Cl2N2O5. The molecule has 1 aliphatic rings. The van der Waals surface area contributed by atoms with Crippen molar-refractivity contribution < 1.29 is 19.1 Å². The number of amides is 1. The zero-order chi connectivity index (χ0) is 21.5. The Morgan fingerprint density at radius 3 is 2.63 bits per heavy atom. The van der Waals surface area contributed by atoms with Crippen molar-refractivity contribution in [3.05, 3.63) is 62.6 Å². The third kappa shape index (κ3) is 3.80. The van der Waals surface area contributed by atoms with E-state index in [2.05, 4.69) is 0 Å². The normalized spacial score (nSPS) is 16.1. The number of ether oxygens (including phenoxy) is 1. The zero-order valence-electron chi connectivity index (χ0n) is 16.2. The minimum Gasteiger partial charge on any atom is -0.495 e. The largest absolute Gasteiger partial charge is 0.495 e. The maximum Gasteiger partial charge on any atom is 0.420 e. The number of carbonyl (C=O) groups is 1. The number of hydrogen-bond donors (Lipinski definition) is 1. The van der Waals surface area contributed by atoms with E-state index < -0.39 is 11.4 Å². The van der Waals surface area contributed by atoms with Gasteiger partial charge in [0.1, 0.15) is 12.3 Å². The summed E-state index contributed by atoms with van der Waals surface area (Å²) in [6.07, 6.45) is 0.723. The third-order valence-corrected chi connectivity index (χ3v) is 6.10. The van der Waals surface area contributed by atoms with E-state index >= 15 is 0 Å². The van der Waals surface area contributed by atoms with Gasteiger partial charge in [-0.1, -0.05) is 29.3 Å². The van der Waals surface area contributed by atoms with Crippen molar-refractivity contribution in [3.63, 3.8) is 0 Å². The van der Waals surface area contributed by atoms with E-state index in [1.54, 1.807) is 41.3 Å². The molecule has 3 aromatic rings. The van der Waals surface area contributed by atoms with Gasteiger partial charge in [0.25, 0.3) is 0 Å². The summed E-state index contributed by atoms with van der Waals surface area (Å²) in [6, 6.07) is 10.0. The van der Waals surface area contributed by atoms with Crippen molar-refractivity contribution >= 4 is 40.2 Å². The van der Waals surface area contributed by atoms with Gasteiger partial charge in [0.05, 0.1) is 23.3 Å². The van der Waals surface area contributed by atoms with Crippen LogP contribution in [0.1, 0.15) is 18.4 Å². The summed E-state index contributed by atoms with van der Waals surface area (Å²) < 4.78 is 11.7. The van der Waals surface area contributed by atoms with Crippen LogP contribution in [0.2, 0.25) is 10.0 Å². The molecule has 2 heterocycles. The highest BCUT2D eigenvalue weighted by Gasteiger charge is 2.36. The lowest BCUT2D eigenvalue weighted by Crippen LogP contribution is -2.46. The summed E-state index contributed by atoms with van der Waals surface area (Å²) in [5.74, 6) is -0.333. The maximum atomic E-state index is 12.8. The first kappa shape index (κ1) is 20.8. The van der Waals surface area contributed by atoms with Gasteiger partial charge in [-0.25, -0.2) is 4.79 Å². The molecule has 1 fully saturated rings. The lowest BCUT2D eigenvalue weighted by Gasteiger charge is -2.38. The summed E-state index contributed by atoms with van der Waals surface area (Å²) in [6.45, 7) is 0.577. The van der Waals surface area contributed by atoms with Crippen molar-refractivity contribution in [1.29, 1.82) is 0 Å². The molecule has 9 heteroatoms. The van der Waals surface area contributed by atoms with Gasteiger partial charge in [-0.2, -0.15) is 0 Å². The van der Waals surface area contributed by atoms with Crippen LogP contribution >= 0.6 is 23.2 Å². The summed E-state index contributed by atoms with van der Waals surface area (Å²) >= 11 is 12.0. The monoisotopic (exact) mass is 450 g/mol. The average molecular weight is 451 g/mol. The molecular weight excluding hydrogens is 431 g/mol. The van der Waals surface area contributed by atoms with Gasteiger partial charge >= 0.3 is 5.76 Å². The van der Waals surface area contributed by atoms with Crippen LogP contribution in [0.25, 0.3) is 11.1 Å². The fraction of sp³-hybridized carbons (Fsp3) is 0.333. The Morgan fingerprint density at radius 1 is 1.20 bits per heavy atom. The van der Waals surface area contributed by atoms with Gasteiger partial charge in [-0.3, -0.25) is 9.36 Å². The van der Waals surface area contributed by atoms with Crippen LogP contribution in [0.3, 0.4) is 0 Å². The molecule has 0 spiro atoms. The third-order valence-electron chi connectivity index (χ3n) is 5.56. The van der Waals surface area contributed by atoms with Crippen LogP contribution in [0.15, 0.2) is 45.6 Å². The minimum atomic E-state index is -1.08. The Kier molecular flexibility index (Phi) is 5.53. The number of halogens is 2. The van der Waals surface area contributed by atoms with Crippen molar-refractivity contribution in [2.75, 3.05) is 20.2 Å². The average Bonchev–Trinajstić information content (AvgIpc) is 3.02. The second-order valence-corrected chi connectivity index (χ2v) is 8.17. The Labute approximate surface area is 182 Å². The predicted molar refractivity (Wildman–Crippen MR) is 113 cm³/mol. The molecule has 0 aliphatic carbocycles. The Balaban J connectivity index is 1.47. The molecule has 1 aliphatic heterocycles. The molecule has 2 aromatic carbocycles. The number of rotatable bonds is 4. The van der Waals surface area contributed by atoms with E-state index in [0.717, 1.165) is 0 Å². The van der Waals surface area contributed by atoms with Crippen molar-refractivity contribution in [2.45, 2.75) is 25.0 Å². The van der Waals surface area contributed by atoms with Crippen molar-refractivity contribution in [2.24, 2.45) is 0 Å². The number of aromatic nitrogens is 1. The number of benzene rings is 2.